The molecule has 0 bridgehead atoms. The predicted molar refractivity (Wildman–Crippen MR) is 148 cm³/mol. The van der Waals surface area contributed by atoms with Crippen molar-refractivity contribution in [3.63, 3.8) is 0 Å². The Balaban J connectivity index is 2.07. The topological polar surface area (TPSA) is 86.8 Å². The van der Waals surface area contributed by atoms with Gasteiger partial charge in [-0.25, -0.2) is 8.42 Å². The summed E-state index contributed by atoms with van der Waals surface area (Å²) in [6, 6.07) is 21.8. The SMILES string of the molecule is CNC(=O)C(Cc1ccccc1)N(Cc1ccccc1C)C(=O)CN(c1cc(C)ccc1C)S(C)(=O)=O. The first kappa shape index (κ1) is 27.9. The zero-order chi connectivity index (χ0) is 27.2. The number of hydrogen-bond acceptors (Lipinski definition) is 4. The van der Waals surface area contributed by atoms with Crippen LogP contribution in [0.5, 0.6) is 0 Å². The summed E-state index contributed by atoms with van der Waals surface area (Å²) in [6.07, 6.45) is 1.38. The number of aryl methyl sites for hydroxylation is 3. The van der Waals surface area contributed by atoms with Crippen molar-refractivity contribution in [2.75, 3.05) is 24.2 Å². The molecule has 1 N–H and O–H groups in total. The van der Waals surface area contributed by atoms with Crippen LogP contribution in [0.1, 0.15) is 27.8 Å². The number of hydrogen-bond donors (Lipinski definition) is 1. The van der Waals surface area contributed by atoms with Crippen molar-refractivity contribution in [2.45, 2.75) is 39.8 Å². The van der Waals surface area contributed by atoms with Crippen LogP contribution in [0.4, 0.5) is 5.69 Å². The van der Waals surface area contributed by atoms with Crippen LogP contribution in [0, 0.1) is 20.8 Å². The zero-order valence-corrected chi connectivity index (χ0v) is 22.9. The number of likely N-dealkylation sites (N-methyl/N-ethyl adjacent to an activating group) is 1. The van der Waals surface area contributed by atoms with E-state index in [1.165, 1.54) is 11.9 Å². The van der Waals surface area contributed by atoms with E-state index >= 15 is 0 Å². The molecule has 2 amide bonds. The first-order valence-corrected chi connectivity index (χ1v) is 14.0. The van der Waals surface area contributed by atoms with Crippen molar-refractivity contribution < 1.29 is 18.0 Å². The monoisotopic (exact) mass is 521 g/mol. The average molecular weight is 522 g/mol. The molecule has 37 heavy (non-hydrogen) atoms. The minimum absolute atomic E-state index is 0.167. The van der Waals surface area contributed by atoms with Crippen molar-refractivity contribution in [1.29, 1.82) is 0 Å². The zero-order valence-electron chi connectivity index (χ0n) is 22.1. The summed E-state index contributed by atoms with van der Waals surface area (Å²) < 4.78 is 26.9. The van der Waals surface area contributed by atoms with E-state index in [1.807, 2.05) is 87.5 Å². The molecule has 1 unspecified atom stereocenters. The molecule has 0 aliphatic heterocycles. The Labute approximate surface area is 220 Å². The second-order valence-corrected chi connectivity index (χ2v) is 11.2. The third-order valence-electron chi connectivity index (χ3n) is 6.43. The maximum Gasteiger partial charge on any atom is 0.244 e. The molecule has 8 heteroatoms. The lowest BCUT2D eigenvalue weighted by Crippen LogP contribution is -2.53. The average Bonchev–Trinajstić information content (AvgIpc) is 2.86. The summed E-state index contributed by atoms with van der Waals surface area (Å²) in [7, 11) is -2.25. The highest BCUT2D eigenvalue weighted by Gasteiger charge is 2.33. The summed E-state index contributed by atoms with van der Waals surface area (Å²) in [5.41, 5.74) is 4.83. The molecule has 196 valence electrons. The van der Waals surface area contributed by atoms with Gasteiger partial charge in [0.25, 0.3) is 0 Å². The minimum Gasteiger partial charge on any atom is -0.357 e. The van der Waals surface area contributed by atoms with Crippen molar-refractivity contribution >= 4 is 27.5 Å². The molecule has 0 radical (unpaired) electrons. The first-order valence-electron chi connectivity index (χ1n) is 12.2. The number of nitrogens with one attached hydrogen (secondary N) is 1. The molecule has 0 fully saturated rings. The summed E-state index contributed by atoms with van der Waals surface area (Å²) >= 11 is 0. The normalized spacial score (nSPS) is 12.0. The van der Waals surface area contributed by atoms with Gasteiger partial charge in [-0.15, -0.1) is 0 Å². The lowest BCUT2D eigenvalue weighted by atomic mass is 10.0. The molecule has 3 rings (SSSR count). The quantitative estimate of drug-likeness (QED) is 0.440. The number of sulfonamides is 1. The lowest BCUT2D eigenvalue weighted by molar-refractivity contribution is -0.139. The van der Waals surface area contributed by atoms with Crippen molar-refractivity contribution in [1.82, 2.24) is 10.2 Å². The van der Waals surface area contributed by atoms with Crippen molar-refractivity contribution in [3.05, 3.63) is 101 Å². The van der Waals surface area contributed by atoms with E-state index in [4.69, 9.17) is 0 Å². The van der Waals surface area contributed by atoms with Gasteiger partial charge in [-0.05, 0) is 54.7 Å². The highest BCUT2D eigenvalue weighted by atomic mass is 32.2. The van der Waals surface area contributed by atoms with Gasteiger partial charge < -0.3 is 10.2 Å². The van der Waals surface area contributed by atoms with Crippen LogP contribution in [0.2, 0.25) is 0 Å². The molecular weight excluding hydrogens is 486 g/mol. The molecule has 1 atom stereocenters. The summed E-state index contributed by atoms with van der Waals surface area (Å²) in [4.78, 5) is 28.6. The molecule has 0 aliphatic carbocycles. The second kappa shape index (κ2) is 12.1. The highest BCUT2D eigenvalue weighted by Crippen LogP contribution is 2.25. The first-order chi connectivity index (χ1) is 17.5. The van der Waals surface area contributed by atoms with E-state index in [2.05, 4.69) is 5.32 Å². The second-order valence-electron chi connectivity index (χ2n) is 9.33. The molecule has 0 spiro atoms. The number of amides is 2. The van der Waals surface area contributed by atoms with Crippen LogP contribution < -0.4 is 9.62 Å². The smallest absolute Gasteiger partial charge is 0.244 e. The molecule has 7 nitrogen and oxygen atoms in total. The van der Waals surface area contributed by atoms with Gasteiger partial charge in [0.2, 0.25) is 21.8 Å². The number of carbonyl (C=O) groups is 2. The van der Waals surface area contributed by atoms with Crippen LogP contribution >= 0.6 is 0 Å². The number of carbonyl (C=O) groups excluding carboxylic acids is 2. The van der Waals surface area contributed by atoms with Gasteiger partial charge in [0.05, 0.1) is 11.9 Å². The maximum absolute atomic E-state index is 14.0. The summed E-state index contributed by atoms with van der Waals surface area (Å²) in [6.45, 7) is 5.38. The van der Waals surface area contributed by atoms with Gasteiger partial charge in [-0.3, -0.25) is 13.9 Å². The Morgan fingerprint density at radius 3 is 2.16 bits per heavy atom. The third kappa shape index (κ3) is 7.20. The van der Waals surface area contributed by atoms with E-state index in [1.54, 1.807) is 6.07 Å². The van der Waals surface area contributed by atoms with Gasteiger partial charge in [-0.2, -0.15) is 0 Å². The van der Waals surface area contributed by atoms with Gasteiger partial charge in [0.1, 0.15) is 12.6 Å². The molecule has 0 heterocycles. The molecule has 3 aromatic carbocycles. The number of anilines is 1. The van der Waals surface area contributed by atoms with Crippen molar-refractivity contribution in [2.24, 2.45) is 0 Å². The van der Waals surface area contributed by atoms with Crippen LogP contribution in [0.3, 0.4) is 0 Å². The Kier molecular flexibility index (Phi) is 9.10. The fraction of sp³-hybridized carbons (Fsp3) is 0.310. The summed E-state index contributed by atoms with van der Waals surface area (Å²) in [5.74, 6) is -0.775. The molecule has 0 aliphatic rings. The third-order valence-corrected chi connectivity index (χ3v) is 7.56. The minimum atomic E-state index is -3.79. The van der Waals surface area contributed by atoms with Gasteiger partial charge in [-0.1, -0.05) is 66.7 Å². The molecule has 0 saturated carbocycles. The number of rotatable bonds is 10. The van der Waals surface area contributed by atoms with Gasteiger partial charge >= 0.3 is 0 Å². The van der Waals surface area contributed by atoms with Crippen LogP contribution in [0.25, 0.3) is 0 Å². The van der Waals surface area contributed by atoms with Crippen LogP contribution in [-0.4, -0.2) is 51.0 Å². The Bertz CT molecular complexity index is 1360. The van der Waals surface area contributed by atoms with Crippen molar-refractivity contribution in [3.8, 4) is 0 Å². The molecular formula is C29H35N3O4S. The molecule has 0 saturated heterocycles. The largest absolute Gasteiger partial charge is 0.357 e. The maximum atomic E-state index is 14.0. The van der Waals surface area contributed by atoms with Crippen LogP contribution in [0.15, 0.2) is 72.8 Å². The van der Waals surface area contributed by atoms with Gasteiger partial charge in [0.15, 0.2) is 0 Å². The van der Waals surface area contributed by atoms with E-state index in [0.29, 0.717) is 12.1 Å². The number of nitrogens with zero attached hydrogens (tertiary/aromatic N) is 2. The Hall–Kier alpha value is -3.65. The fourth-order valence-corrected chi connectivity index (χ4v) is 5.17. The van der Waals surface area contributed by atoms with E-state index in [0.717, 1.165) is 38.4 Å². The fourth-order valence-electron chi connectivity index (χ4n) is 4.27. The Morgan fingerprint density at radius 1 is 0.892 bits per heavy atom. The van der Waals surface area contributed by atoms with Crippen LogP contribution in [-0.2, 0) is 32.6 Å². The van der Waals surface area contributed by atoms with E-state index in [9.17, 15) is 18.0 Å². The molecule has 0 aromatic heterocycles. The van der Waals surface area contributed by atoms with Gasteiger partial charge in [0, 0.05) is 20.0 Å². The Morgan fingerprint density at radius 2 is 1.54 bits per heavy atom. The number of benzene rings is 3. The summed E-state index contributed by atoms with van der Waals surface area (Å²) in [5, 5.41) is 2.69. The predicted octanol–water partition coefficient (Wildman–Crippen LogP) is 3.76. The van der Waals surface area contributed by atoms with E-state index < -0.39 is 28.5 Å². The lowest BCUT2D eigenvalue weighted by Gasteiger charge is -2.34. The highest BCUT2D eigenvalue weighted by molar-refractivity contribution is 7.92. The standard InChI is InChI=1S/C29H35N3O4S/c1-21-15-16-23(3)26(17-21)32(37(5,35)36)20-28(33)31(19-25-14-10-9-11-22(25)2)27(29(34)30-4)18-24-12-7-6-8-13-24/h6-17,27H,18-20H2,1-5H3,(H,30,34). The van der Waals surface area contributed by atoms with E-state index in [-0.39, 0.29) is 12.5 Å². The molecule has 3 aromatic rings.